The van der Waals surface area contributed by atoms with Gasteiger partial charge in [0, 0.05) is 12.6 Å². The Bertz CT molecular complexity index is 942. The summed E-state index contributed by atoms with van der Waals surface area (Å²) in [5.41, 5.74) is -1.60. The highest BCUT2D eigenvalue weighted by atomic mass is 19.2. The van der Waals surface area contributed by atoms with Gasteiger partial charge in [0.25, 0.3) is 0 Å². The number of nitrogens with one attached hydrogen (secondary N) is 1. The molecular weight excluding hydrogens is 442 g/mol. The predicted molar refractivity (Wildman–Crippen MR) is 122 cm³/mol. The van der Waals surface area contributed by atoms with Gasteiger partial charge in [-0.3, -0.25) is 4.79 Å². The van der Waals surface area contributed by atoms with Crippen LogP contribution in [0, 0.1) is 28.9 Å². The molecule has 0 radical (unpaired) electrons. The summed E-state index contributed by atoms with van der Waals surface area (Å²) >= 11 is 0. The third kappa shape index (κ3) is 6.23. The summed E-state index contributed by atoms with van der Waals surface area (Å²) in [6.45, 7) is 7.38. The van der Waals surface area contributed by atoms with Crippen LogP contribution < -0.4 is 5.32 Å². The average Bonchev–Trinajstić information content (AvgIpc) is 2.73. The highest BCUT2D eigenvalue weighted by Gasteiger charge is 2.53. The number of hydrogen-bond acceptors (Lipinski definition) is 5. The molecule has 0 atom stereocenters. The molecule has 2 fully saturated rings. The molecule has 186 valence electrons. The van der Waals surface area contributed by atoms with Crippen LogP contribution in [-0.2, 0) is 16.1 Å². The zero-order valence-electron chi connectivity index (χ0n) is 20.4. The first-order valence-corrected chi connectivity index (χ1v) is 11.8. The normalized spacial score (nSPS) is 21.9. The standard InChI is InChI=1S/C25H34F2N4O3/c1-17-5-8-19(9-6-17)29-12-22(32)31(13-18-7-10-20(26)21(27)11-18)25(14-28)15-30(16-25)23(33)34-24(2,3)4/h7,10-11,17,19,29H,5-6,8-9,12-13,15-16H2,1-4H3/t17-,19-. The molecular formula is C25H34F2N4O3. The molecule has 0 bridgehead atoms. The molecule has 1 aliphatic carbocycles. The number of likely N-dealkylation sites (tertiary alicyclic amines) is 1. The van der Waals surface area contributed by atoms with Crippen LogP contribution in [0.1, 0.15) is 58.9 Å². The van der Waals surface area contributed by atoms with E-state index in [0.717, 1.165) is 37.8 Å². The molecule has 1 N–H and O–H groups in total. The maximum atomic E-state index is 13.8. The number of benzene rings is 1. The number of carbonyl (C=O) groups excluding carboxylic acids is 2. The van der Waals surface area contributed by atoms with Gasteiger partial charge < -0.3 is 19.9 Å². The van der Waals surface area contributed by atoms with Crippen LogP contribution >= 0.6 is 0 Å². The van der Waals surface area contributed by atoms with E-state index in [9.17, 15) is 23.6 Å². The lowest BCUT2D eigenvalue weighted by Gasteiger charge is -2.51. The third-order valence-electron chi connectivity index (χ3n) is 6.46. The largest absolute Gasteiger partial charge is 0.444 e. The first kappa shape index (κ1) is 25.9. The van der Waals surface area contributed by atoms with E-state index in [1.807, 2.05) is 0 Å². The quantitative estimate of drug-likeness (QED) is 0.671. The first-order chi connectivity index (χ1) is 15.9. The number of nitrogens with zero attached hydrogens (tertiary/aromatic N) is 3. The van der Waals surface area contributed by atoms with Crippen LogP contribution in [0.3, 0.4) is 0 Å². The Morgan fingerprint density at radius 1 is 1.21 bits per heavy atom. The summed E-state index contributed by atoms with van der Waals surface area (Å²) in [4.78, 5) is 28.5. The summed E-state index contributed by atoms with van der Waals surface area (Å²) in [7, 11) is 0. The van der Waals surface area contributed by atoms with Crippen molar-refractivity contribution in [1.29, 1.82) is 5.26 Å². The fraction of sp³-hybridized carbons (Fsp3) is 0.640. The second-order valence-electron chi connectivity index (χ2n) is 10.5. The van der Waals surface area contributed by atoms with Crippen molar-refractivity contribution in [1.82, 2.24) is 15.1 Å². The molecule has 1 saturated carbocycles. The molecule has 1 aliphatic heterocycles. The monoisotopic (exact) mass is 476 g/mol. The predicted octanol–water partition coefficient (Wildman–Crippen LogP) is 3.97. The van der Waals surface area contributed by atoms with Crippen LogP contribution in [0.2, 0.25) is 0 Å². The fourth-order valence-corrected chi connectivity index (χ4v) is 4.43. The Labute approximate surface area is 200 Å². The van der Waals surface area contributed by atoms with Gasteiger partial charge in [0.1, 0.15) is 5.60 Å². The number of rotatable bonds is 6. The first-order valence-electron chi connectivity index (χ1n) is 11.8. The molecule has 1 aromatic rings. The average molecular weight is 477 g/mol. The Morgan fingerprint density at radius 3 is 2.41 bits per heavy atom. The van der Waals surface area contributed by atoms with E-state index < -0.39 is 28.9 Å². The van der Waals surface area contributed by atoms with Gasteiger partial charge in [0.05, 0.1) is 25.7 Å². The smallest absolute Gasteiger partial charge is 0.410 e. The summed E-state index contributed by atoms with van der Waals surface area (Å²) in [6.07, 6.45) is 3.59. The molecule has 1 saturated heterocycles. The van der Waals surface area contributed by atoms with E-state index in [2.05, 4.69) is 18.3 Å². The zero-order valence-corrected chi connectivity index (χ0v) is 20.4. The molecule has 2 aliphatic rings. The van der Waals surface area contributed by atoms with E-state index >= 15 is 0 Å². The van der Waals surface area contributed by atoms with Gasteiger partial charge in [-0.2, -0.15) is 5.26 Å². The molecule has 0 unspecified atom stereocenters. The van der Waals surface area contributed by atoms with Gasteiger partial charge in [0.15, 0.2) is 17.2 Å². The number of carbonyl (C=O) groups is 2. The van der Waals surface area contributed by atoms with E-state index in [0.29, 0.717) is 11.5 Å². The van der Waals surface area contributed by atoms with Gasteiger partial charge in [-0.25, -0.2) is 13.6 Å². The lowest BCUT2D eigenvalue weighted by molar-refractivity contribution is -0.142. The van der Waals surface area contributed by atoms with Crippen LogP contribution in [0.25, 0.3) is 0 Å². The molecule has 1 aromatic carbocycles. The topological polar surface area (TPSA) is 85.7 Å². The Kier molecular flexibility index (Phi) is 7.81. The Balaban J connectivity index is 1.75. The van der Waals surface area contributed by atoms with Gasteiger partial charge in [-0.1, -0.05) is 13.0 Å². The van der Waals surface area contributed by atoms with Crippen LogP contribution in [0.5, 0.6) is 0 Å². The van der Waals surface area contributed by atoms with E-state index in [1.54, 1.807) is 20.8 Å². The van der Waals surface area contributed by atoms with Crippen molar-refractivity contribution in [3.8, 4) is 6.07 Å². The van der Waals surface area contributed by atoms with E-state index in [1.165, 1.54) is 15.9 Å². The minimum Gasteiger partial charge on any atom is -0.444 e. The molecule has 7 nitrogen and oxygen atoms in total. The number of hydrogen-bond donors (Lipinski definition) is 1. The van der Waals surface area contributed by atoms with Gasteiger partial charge in [0.2, 0.25) is 5.91 Å². The zero-order chi connectivity index (χ0) is 25.1. The van der Waals surface area contributed by atoms with Crippen molar-refractivity contribution in [2.24, 2.45) is 5.92 Å². The summed E-state index contributed by atoms with van der Waals surface area (Å²) in [6, 6.07) is 5.84. The minimum atomic E-state index is -1.28. The second kappa shape index (κ2) is 10.3. The Morgan fingerprint density at radius 2 is 1.85 bits per heavy atom. The van der Waals surface area contributed by atoms with Crippen LogP contribution in [0.4, 0.5) is 13.6 Å². The van der Waals surface area contributed by atoms with E-state index in [4.69, 9.17) is 4.74 Å². The van der Waals surface area contributed by atoms with Gasteiger partial charge in [-0.05, 0) is 70.1 Å². The fourth-order valence-electron chi connectivity index (χ4n) is 4.43. The SMILES string of the molecule is CC(C)(C)OC(=O)N1CC(C#N)(N(Cc2ccc(F)c(F)c2)C(=O)CN[C@H]2CC[C@H](C)CC2)C1. The molecule has 34 heavy (non-hydrogen) atoms. The van der Waals surface area contributed by atoms with Crippen molar-refractivity contribution < 1.29 is 23.1 Å². The maximum absolute atomic E-state index is 13.8. The molecule has 9 heteroatoms. The van der Waals surface area contributed by atoms with Crippen molar-refractivity contribution in [2.45, 2.75) is 77.1 Å². The lowest BCUT2D eigenvalue weighted by atomic mass is 9.87. The summed E-state index contributed by atoms with van der Waals surface area (Å²) < 4.78 is 32.6. The maximum Gasteiger partial charge on any atom is 0.410 e. The number of ether oxygens (including phenoxy) is 1. The minimum absolute atomic E-state index is 0.0191. The lowest BCUT2D eigenvalue weighted by Crippen LogP contribution is -2.72. The van der Waals surface area contributed by atoms with Gasteiger partial charge in [-0.15, -0.1) is 0 Å². The Hall–Kier alpha value is -2.73. The van der Waals surface area contributed by atoms with Crippen molar-refractivity contribution >= 4 is 12.0 Å². The molecule has 0 spiro atoms. The van der Waals surface area contributed by atoms with E-state index in [-0.39, 0.29) is 38.1 Å². The van der Waals surface area contributed by atoms with Crippen LogP contribution in [-0.4, -0.2) is 58.6 Å². The van der Waals surface area contributed by atoms with Crippen molar-refractivity contribution in [3.63, 3.8) is 0 Å². The van der Waals surface area contributed by atoms with Crippen molar-refractivity contribution in [2.75, 3.05) is 19.6 Å². The highest BCUT2D eigenvalue weighted by Crippen LogP contribution is 2.31. The van der Waals surface area contributed by atoms with Gasteiger partial charge >= 0.3 is 6.09 Å². The molecule has 0 aromatic heterocycles. The number of halogens is 2. The van der Waals surface area contributed by atoms with Crippen molar-refractivity contribution in [3.05, 3.63) is 35.4 Å². The molecule has 1 heterocycles. The second-order valence-corrected chi connectivity index (χ2v) is 10.5. The van der Waals surface area contributed by atoms with Crippen LogP contribution in [0.15, 0.2) is 18.2 Å². The third-order valence-corrected chi connectivity index (χ3v) is 6.46. The number of amides is 2. The summed E-state index contributed by atoms with van der Waals surface area (Å²) in [5, 5.41) is 13.3. The molecule has 2 amide bonds. The molecule has 3 rings (SSSR count). The number of nitriles is 1. The highest BCUT2D eigenvalue weighted by molar-refractivity contribution is 5.81. The summed E-state index contributed by atoms with van der Waals surface area (Å²) in [5.74, 6) is -1.65.